The molecule has 1 aromatic carbocycles. The normalized spacial score (nSPS) is 22.6. The first kappa shape index (κ1) is 15.8. The number of Topliss-reactive ketones (excluding diaryl/α,β-unsaturated/α-hetero) is 1. The average Bonchev–Trinajstić information content (AvgIpc) is 2.49. The monoisotopic (exact) mass is 310 g/mol. The lowest BCUT2D eigenvalue weighted by atomic mass is 9.98. The summed E-state index contributed by atoms with van der Waals surface area (Å²) in [5.41, 5.74) is 2.98. The number of aryl methyl sites for hydroxylation is 1. The fourth-order valence-corrected chi connectivity index (χ4v) is 5.56. The van der Waals surface area contributed by atoms with Crippen molar-refractivity contribution in [2.24, 2.45) is 0 Å². The van der Waals surface area contributed by atoms with Gasteiger partial charge in [-0.1, -0.05) is 13.0 Å². The lowest BCUT2D eigenvalue weighted by molar-refractivity contribution is 0.0985. The summed E-state index contributed by atoms with van der Waals surface area (Å²) < 4.78 is 5.50. The molecule has 1 fully saturated rings. The predicted molar refractivity (Wildman–Crippen MR) is 89.6 cm³/mol. The summed E-state index contributed by atoms with van der Waals surface area (Å²) in [7, 11) is 1.65. The number of carbonyl (C=O) groups is 1. The summed E-state index contributed by atoms with van der Waals surface area (Å²) in [5.74, 6) is 3.19. The van der Waals surface area contributed by atoms with E-state index in [-0.39, 0.29) is 11.0 Å². The van der Waals surface area contributed by atoms with Crippen LogP contribution in [0.15, 0.2) is 12.1 Å². The second-order valence-corrected chi connectivity index (χ2v) is 7.66. The summed E-state index contributed by atoms with van der Waals surface area (Å²) in [4.78, 5) is 12.9. The van der Waals surface area contributed by atoms with E-state index in [4.69, 9.17) is 4.74 Å². The maximum atomic E-state index is 12.9. The van der Waals surface area contributed by atoms with Crippen LogP contribution in [0.1, 0.15) is 34.8 Å². The molecule has 0 bridgehead atoms. The molecular formula is C16H22O2S2. The molecule has 1 saturated heterocycles. The highest BCUT2D eigenvalue weighted by molar-refractivity contribution is 8.07. The van der Waals surface area contributed by atoms with E-state index in [0.29, 0.717) is 5.25 Å². The largest absolute Gasteiger partial charge is 0.496 e. The second-order valence-electron chi connectivity index (χ2n) is 5.06. The van der Waals surface area contributed by atoms with Crippen LogP contribution in [0.5, 0.6) is 5.75 Å². The molecule has 0 aromatic heterocycles. The van der Waals surface area contributed by atoms with Crippen molar-refractivity contribution in [2.75, 3.05) is 18.6 Å². The first-order valence-electron chi connectivity index (χ1n) is 7.01. The van der Waals surface area contributed by atoms with E-state index in [1.165, 1.54) is 0 Å². The zero-order chi connectivity index (χ0) is 14.7. The molecule has 110 valence electrons. The molecule has 0 amide bonds. The van der Waals surface area contributed by atoms with Gasteiger partial charge >= 0.3 is 0 Å². The smallest absolute Gasteiger partial charge is 0.180 e. The molecule has 0 spiro atoms. The van der Waals surface area contributed by atoms with Crippen LogP contribution in [0.4, 0.5) is 0 Å². The quantitative estimate of drug-likeness (QED) is 0.781. The van der Waals surface area contributed by atoms with Gasteiger partial charge in [0, 0.05) is 16.8 Å². The van der Waals surface area contributed by atoms with Gasteiger partial charge < -0.3 is 4.74 Å². The molecule has 2 unspecified atom stereocenters. The first-order chi connectivity index (χ1) is 9.60. The van der Waals surface area contributed by atoms with Crippen LogP contribution in [0, 0.1) is 13.8 Å². The third kappa shape index (κ3) is 3.01. The van der Waals surface area contributed by atoms with Crippen molar-refractivity contribution in [3.63, 3.8) is 0 Å². The Balaban J connectivity index is 2.35. The first-order valence-corrected chi connectivity index (χ1v) is 9.11. The van der Waals surface area contributed by atoms with Crippen LogP contribution >= 0.6 is 23.5 Å². The van der Waals surface area contributed by atoms with E-state index in [1.807, 2.05) is 37.7 Å². The van der Waals surface area contributed by atoms with Gasteiger partial charge in [-0.3, -0.25) is 4.79 Å². The van der Waals surface area contributed by atoms with E-state index in [9.17, 15) is 4.79 Å². The standard InChI is InChI=1S/C16H22O2S2/c1-5-13-16(20-9-8-19-13)14(17)12-7-6-10(2)11(3)15(12)18-4/h6-7,13,16H,5,8-9H2,1-4H3. The summed E-state index contributed by atoms with van der Waals surface area (Å²) in [6.45, 7) is 6.23. The highest BCUT2D eigenvalue weighted by Gasteiger charge is 2.33. The van der Waals surface area contributed by atoms with Crippen molar-refractivity contribution >= 4 is 29.3 Å². The number of rotatable bonds is 4. The van der Waals surface area contributed by atoms with Crippen LogP contribution in [0.2, 0.25) is 0 Å². The maximum Gasteiger partial charge on any atom is 0.180 e. The van der Waals surface area contributed by atoms with Gasteiger partial charge in [0.05, 0.1) is 17.9 Å². The molecule has 2 rings (SSSR count). The number of ether oxygens (including phenoxy) is 1. The molecule has 0 radical (unpaired) electrons. The molecular weight excluding hydrogens is 288 g/mol. The Kier molecular flexibility index (Phi) is 5.44. The average molecular weight is 310 g/mol. The molecule has 2 atom stereocenters. The Hall–Kier alpha value is -0.610. The van der Waals surface area contributed by atoms with Crippen LogP contribution in [-0.4, -0.2) is 34.9 Å². The van der Waals surface area contributed by atoms with Gasteiger partial charge in [0.2, 0.25) is 0 Å². The number of thioether (sulfide) groups is 2. The molecule has 0 N–H and O–H groups in total. The van der Waals surface area contributed by atoms with Gasteiger partial charge in [0.1, 0.15) is 5.75 Å². The van der Waals surface area contributed by atoms with E-state index in [0.717, 1.165) is 40.4 Å². The van der Waals surface area contributed by atoms with Crippen LogP contribution in [-0.2, 0) is 0 Å². The predicted octanol–water partition coefficient (Wildman–Crippen LogP) is 4.12. The van der Waals surface area contributed by atoms with E-state index in [1.54, 1.807) is 18.9 Å². The number of benzene rings is 1. The van der Waals surface area contributed by atoms with Crippen LogP contribution in [0.3, 0.4) is 0 Å². The summed E-state index contributed by atoms with van der Waals surface area (Å²) in [6.07, 6.45) is 1.04. The van der Waals surface area contributed by atoms with Gasteiger partial charge in [0.25, 0.3) is 0 Å². The molecule has 20 heavy (non-hydrogen) atoms. The zero-order valence-corrected chi connectivity index (χ0v) is 14.2. The minimum absolute atomic E-state index is 0.0646. The third-order valence-electron chi connectivity index (χ3n) is 3.86. The molecule has 1 heterocycles. The Bertz CT molecular complexity index is 499. The van der Waals surface area contributed by atoms with Crippen molar-refractivity contribution in [3.05, 3.63) is 28.8 Å². The zero-order valence-electron chi connectivity index (χ0n) is 12.6. The van der Waals surface area contributed by atoms with Crippen molar-refractivity contribution in [1.82, 2.24) is 0 Å². The lowest BCUT2D eigenvalue weighted by Gasteiger charge is -2.29. The van der Waals surface area contributed by atoms with Crippen molar-refractivity contribution in [1.29, 1.82) is 0 Å². The molecule has 0 aliphatic carbocycles. The van der Waals surface area contributed by atoms with E-state index in [2.05, 4.69) is 6.92 Å². The topological polar surface area (TPSA) is 26.3 Å². The molecule has 1 aliphatic rings. The Morgan fingerprint density at radius 2 is 2.00 bits per heavy atom. The fourth-order valence-electron chi connectivity index (χ4n) is 2.55. The number of hydrogen-bond acceptors (Lipinski definition) is 4. The molecule has 0 saturated carbocycles. The van der Waals surface area contributed by atoms with Gasteiger partial charge in [0.15, 0.2) is 5.78 Å². The molecule has 1 aromatic rings. The van der Waals surface area contributed by atoms with Gasteiger partial charge in [-0.05, 0) is 37.5 Å². The molecule has 2 nitrogen and oxygen atoms in total. The van der Waals surface area contributed by atoms with Gasteiger partial charge in [-0.2, -0.15) is 11.8 Å². The van der Waals surface area contributed by atoms with Crippen molar-refractivity contribution in [2.45, 2.75) is 37.7 Å². The lowest BCUT2D eigenvalue weighted by Crippen LogP contribution is -2.33. The SMILES string of the molecule is CCC1SCCSC1C(=O)c1ccc(C)c(C)c1OC. The number of ketones is 1. The molecule has 4 heteroatoms. The van der Waals surface area contributed by atoms with Crippen LogP contribution in [0.25, 0.3) is 0 Å². The third-order valence-corrected chi connectivity index (χ3v) is 7.10. The molecule has 1 aliphatic heterocycles. The minimum Gasteiger partial charge on any atom is -0.496 e. The summed E-state index contributed by atoms with van der Waals surface area (Å²) >= 11 is 3.73. The number of hydrogen-bond donors (Lipinski definition) is 0. The minimum atomic E-state index is 0.0646. The second kappa shape index (κ2) is 6.90. The van der Waals surface area contributed by atoms with Gasteiger partial charge in [-0.25, -0.2) is 0 Å². The highest BCUT2D eigenvalue weighted by Crippen LogP contribution is 2.37. The van der Waals surface area contributed by atoms with Crippen molar-refractivity contribution < 1.29 is 9.53 Å². The Labute approximate surface area is 130 Å². The van der Waals surface area contributed by atoms with E-state index >= 15 is 0 Å². The highest BCUT2D eigenvalue weighted by atomic mass is 32.2. The fraction of sp³-hybridized carbons (Fsp3) is 0.562. The van der Waals surface area contributed by atoms with Gasteiger partial charge in [-0.15, -0.1) is 11.8 Å². The number of carbonyl (C=O) groups excluding carboxylic acids is 1. The van der Waals surface area contributed by atoms with Crippen LogP contribution < -0.4 is 4.74 Å². The maximum absolute atomic E-state index is 12.9. The Morgan fingerprint density at radius 3 is 2.65 bits per heavy atom. The number of methoxy groups -OCH3 is 1. The summed E-state index contributed by atoms with van der Waals surface area (Å²) in [5, 5.41) is 0.488. The summed E-state index contributed by atoms with van der Waals surface area (Å²) in [6, 6.07) is 3.95. The van der Waals surface area contributed by atoms with Crippen molar-refractivity contribution in [3.8, 4) is 5.75 Å². The van der Waals surface area contributed by atoms with E-state index < -0.39 is 0 Å². The Morgan fingerprint density at radius 1 is 1.30 bits per heavy atom.